The third kappa shape index (κ3) is 1.89. The molecule has 0 amide bonds. The van der Waals surface area contributed by atoms with Crippen LogP contribution < -0.4 is 10.9 Å². The lowest BCUT2D eigenvalue weighted by Crippen LogP contribution is -2.15. The molecule has 0 saturated heterocycles. The van der Waals surface area contributed by atoms with E-state index in [0.29, 0.717) is 10.9 Å². The summed E-state index contributed by atoms with van der Waals surface area (Å²) in [5.41, 5.74) is 0.145. The van der Waals surface area contributed by atoms with E-state index in [2.05, 4.69) is 22.9 Å². The molecule has 1 aromatic carbocycles. The van der Waals surface area contributed by atoms with Crippen LogP contribution in [0.3, 0.4) is 0 Å². The molecule has 4 nitrogen and oxygen atoms in total. The molecule has 0 spiro atoms. The molecule has 0 atom stereocenters. The van der Waals surface area contributed by atoms with E-state index in [9.17, 15) is 9.90 Å². The summed E-state index contributed by atoms with van der Waals surface area (Å²) >= 11 is 8.56. The van der Waals surface area contributed by atoms with Crippen molar-refractivity contribution in [3.63, 3.8) is 0 Å². The second-order valence-corrected chi connectivity index (χ2v) is 4.31. The van der Waals surface area contributed by atoms with Gasteiger partial charge in [-0.1, -0.05) is 24.4 Å². The van der Waals surface area contributed by atoms with Gasteiger partial charge in [-0.05, 0) is 12.1 Å². The number of aromatic nitrogens is 1. The van der Waals surface area contributed by atoms with Crippen molar-refractivity contribution in [2.45, 2.75) is 0 Å². The highest BCUT2D eigenvalue weighted by Gasteiger charge is 2.11. The molecule has 0 saturated carbocycles. The van der Waals surface area contributed by atoms with Crippen molar-refractivity contribution < 1.29 is 5.11 Å². The second-order valence-electron chi connectivity index (χ2n) is 3.15. The van der Waals surface area contributed by atoms with E-state index in [1.807, 2.05) is 0 Å². The smallest absolute Gasteiger partial charge is 0.276 e. The summed E-state index contributed by atoms with van der Waals surface area (Å²) in [6.07, 6.45) is 0. The largest absolute Gasteiger partial charge is 0.505 e. The summed E-state index contributed by atoms with van der Waals surface area (Å²) in [4.78, 5) is 14.3. The Labute approximate surface area is 102 Å². The third-order valence-electron chi connectivity index (χ3n) is 2.13. The minimum Gasteiger partial charge on any atom is -0.505 e. The Morgan fingerprint density at radius 3 is 2.81 bits per heavy atom. The Balaban J connectivity index is 2.75. The first-order valence-corrected chi connectivity index (χ1v) is 5.29. The van der Waals surface area contributed by atoms with Crippen molar-refractivity contribution in [1.29, 1.82) is 0 Å². The average Bonchev–Trinajstić information content (AvgIpc) is 2.24. The van der Waals surface area contributed by atoms with Gasteiger partial charge in [0.1, 0.15) is 10.0 Å². The number of H-pyrrole nitrogens is 1. The van der Waals surface area contributed by atoms with E-state index in [-0.39, 0.29) is 15.8 Å². The maximum absolute atomic E-state index is 11.6. The fourth-order valence-corrected chi connectivity index (χ4v) is 1.66. The predicted molar refractivity (Wildman–Crippen MR) is 71.4 cm³/mol. The van der Waals surface area contributed by atoms with Crippen LogP contribution in [0.25, 0.3) is 10.9 Å². The SMILES string of the molecule is O=c1[nH]c2ccccc2c(O)c1NC(=S)S. The molecular weight excluding hydrogens is 244 g/mol. The molecule has 0 aliphatic heterocycles. The van der Waals surface area contributed by atoms with Crippen LogP contribution in [0, 0.1) is 0 Å². The molecule has 0 radical (unpaired) electrons. The Kier molecular flexibility index (Phi) is 2.84. The predicted octanol–water partition coefficient (Wildman–Crippen LogP) is 1.86. The van der Waals surface area contributed by atoms with Gasteiger partial charge in [-0.25, -0.2) is 0 Å². The number of hydrogen-bond donors (Lipinski definition) is 4. The van der Waals surface area contributed by atoms with Crippen molar-refractivity contribution in [2.75, 3.05) is 5.32 Å². The molecule has 82 valence electrons. The normalized spacial score (nSPS) is 10.3. The van der Waals surface area contributed by atoms with Crippen LogP contribution in [0.2, 0.25) is 0 Å². The maximum Gasteiger partial charge on any atom is 0.276 e. The fraction of sp³-hybridized carbons (Fsp3) is 0. The van der Waals surface area contributed by atoms with Gasteiger partial charge >= 0.3 is 0 Å². The first kappa shape index (κ1) is 11.0. The lowest BCUT2D eigenvalue weighted by Gasteiger charge is -2.07. The Morgan fingerprint density at radius 2 is 2.12 bits per heavy atom. The van der Waals surface area contributed by atoms with Gasteiger partial charge in [-0.15, -0.1) is 12.6 Å². The van der Waals surface area contributed by atoms with E-state index in [4.69, 9.17) is 12.2 Å². The summed E-state index contributed by atoms with van der Waals surface area (Å²) in [5.74, 6) is -0.129. The van der Waals surface area contributed by atoms with Crippen molar-refractivity contribution in [3.8, 4) is 5.75 Å². The van der Waals surface area contributed by atoms with Gasteiger partial charge in [0.25, 0.3) is 5.56 Å². The molecule has 0 aliphatic carbocycles. The minimum atomic E-state index is -0.437. The molecule has 16 heavy (non-hydrogen) atoms. The topological polar surface area (TPSA) is 65.1 Å². The van der Waals surface area contributed by atoms with Crippen LogP contribution in [0.5, 0.6) is 5.75 Å². The fourth-order valence-electron chi connectivity index (χ4n) is 1.45. The van der Waals surface area contributed by atoms with Gasteiger partial charge in [0, 0.05) is 5.39 Å². The number of nitrogens with one attached hydrogen (secondary N) is 2. The summed E-state index contributed by atoms with van der Waals surface area (Å²) in [6, 6.07) is 6.95. The first-order valence-electron chi connectivity index (χ1n) is 4.43. The number of pyridine rings is 1. The van der Waals surface area contributed by atoms with Crippen molar-refractivity contribution >= 4 is 45.8 Å². The molecule has 6 heteroatoms. The molecule has 0 fully saturated rings. The van der Waals surface area contributed by atoms with Crippen LogP contribution in [0.4, 0.5) is 5.69 Å². The number of benzene rings is 1. The van der Waals surface area contributed by atoms with Gasteiger partial charge in [0.2, 0.25) is 0 Å². The summed E-state index contributed by atoms with van der Waals surface area (Å²) in [7, 11) is 0. The highest BCUT2D eigenvalue weighted by atomic mass is 32.1. The maximum atomic E-state index is 11.6. The van der Waals surface area contributed by atoms with E-state index >= 15 is 0 Å². The average molecular weight is 252 g/mol. The number of aromatic amines is 1. The third-order valence-corrected chi connectivity index (χ3v) is 2.34. The molecule has 1 heterocycles. The highest BCUT2D eigenvalue weighted by Crippen LogP contribution is 2.27. The molecule has 0 unspecified atom stereocenters. The zero-order chi connectivity index (χ0) is 11.7. The van der Waals surface area contributed by atoms with Gasteiger partial charge in [0.05, 0.1) is 5.52 Å². The van der Waals surface area contributed by atoms with Crippen LogP contribution >= 0.6 is 24.8 Å². The Bertz CT molecular complexity index is 622. The van der Waals surface area contributed by atoms with Gasteiger partial charge in [-0.3, -0.25) is 4.79 Å². The van der Waals surface area contributed by atoms with Crippen molar-refractivity contribution in [3.05, 3.63) is 34.6 Å². The summed E-state index contributed by atoms with van der Waals surface area (Å²) in [5, 5.41) is 13.0. The number of rotatable bonds is 1. The molecule has 2 rings (SSSR count). The molecule has 3 N–H and O–H groups in total. The van der Waals surface area contributed by atoms with Gasteiger partial charge in [0.15, 0.2) is 5.75 Å². The lowest BCUT2D eigenvalue weighted by molar-refractivity contribution is 0.483. The molecular formula is C10H8N2O2S2. The van der Waals surface area contributed by atoms with Crippen LogP contribution in [0.1, 0.15) is 0 Å². The zero-order valence-corrected chi connectivity index (χ0v) is 9.73. The van der Waals surface area contributed by atoms with Crippen molar-refractivity contribution in [1.82, 2.24) is 4.98 Å². The minimum absolute atomic E-state index is 0.0127. The number of hydrogen-bond acceptors (Lipinski definition) is 3. The summed E-state index contributed by atoms with van der Waals surface area (Å²) in [6.45, 7) is 0. The molecule has 1 aromatic heterocycles. The van der Waals surface area contributed by atoms with Gasteiger partial charge in [-0.2, -0.15) is 0 Å². The quantitative estimate of drug-likeness (QED) is 0.462. The summed E-state index contributed by atoms with van der Waals surface area (Å²) < 4.78 is 0.121. The van der Waals surface area contributed by atoms with E-state index < -0.39 is 5.56 Å². The molecule has 2 aromatic rings. The van der Waals surface area contributed by atoms with E-state index in [1.54, 1.807) is 24.3 Å². The van der Waals surface area contributed by atoms with Crippen molar-refractivity contribution in [2.24, 2.45) is 0 Å². The number of thiol groups is 1. The van der Waals surface area contributed by atoms with Crippen LogP contribution in [-0.4, -0.2) is 14.4 Å². The second kappa shape index (κ2) is 4.15. The standard InChI is InChI=1S/C10H8N2O2S2/c13-8-5-3-1-2-4-6(5)11-9(14)7(8)12-10(15)16/h1-4H,(H2,11,13,14)(H2,12,15,16). The molecule has 0 aliphatic rings. The zero-order valence-electron chi connectivity index (χ0n) is 8.02. The van der Waals surface area contributed by atoms with Gasteiger partial charge < -0.3 is 15.4 Å². The molecule has 0 bridgehead atoms. The Morgan fingerprint density at radius 1 is 1.44 bits per heavy atom. The van der Waals surface area contributed by atoms with E-state index in [1.165, 1.54) is 0 Å². The lowest BCUT2D eigenvalue weighted by atomic mass is 10.2. The number of fused-ring (bicyclic) bond motifs is 1. The first-order chi connectivity index (χ1) is 7.59. The van der Waals surface area contributed by atoms with Crippen LogP contribution in [-0.2, 0) is 0 Å². The van der Waals surface area contributed by atoms with Crippen LogP contribution in [0.15, 0.2) is 29.1 Å². The number of thiocarbonyl (C=S) groups is 1. The number of para-hydroxylation sites is 1. The highest BCUT2D eigenvalue weighted by molar-refractivity contribution is 8.11. The Hall–Kier alpha value is -1.53. The number of aromatic hydroxyl groups is 1. The number of anilines is 1. The monoisotopic (exact) mass is 252 g/mol. The van der Waals surface area contributed by atoms with E-state index in [0.717, 1.165) is 0 Å².